The van der Waals surface area contributed by atoms with Gasteiger partial charge in [-0.1, -0.05) is 37.3 Å². The number of nitrogens with one attached hydrogen (secondary N) is 1. The molecule has 1 heterocycles. The molecule has 2 nitrogen and oxygen atoms in total. The van der Waals surface area contributed by atoms with E-state index in [2.05, 4.69) is 24.4 Å². The molecule has 1 fully saturated rings. The van der Waals surface area contributed by atoms with Gasteiger partial charge in [-0.25, -0.2) is 0 Å². The monoisotopic (exact) mass is 217 g/mol. The Bertz CT molecular complexity index is 346. The molecule has 86 valence electrons. The predicted octanol–water partition coefficient (Wildman–Crippen LogP) is 2.24. The zero-order valence-corrected chi connectivity index (χ0v) is 9.78. The first kappa shape index (κ1) is 11.3. The zero-order valence-electron chi connectivity index (χ0n) is 9.78. The first-order valence-electron chi connectivity index (χ1n) is 6.09. The van der Waals surface area contributed by atoms with E-state index in [1.165, 1.54) is 0 Å². The van der Waals surface area contributed by atoms with Crippen LogP contribution in [0.25, 0.3) is 0 Å². The van der Waals surface area contributed by atoms with Crippen LogP contribution in [0.2, 0.25) is 0 Å². The number of ketones is 1. The summed E-state index contributed by atoms with van der Waals surface area (Å²) in [4.78, 5) is 12.2. The lowest BCUT2D eigenvalue weighted by molar-refractivity contribution is -0.119. The van der Waals surface area contributed by atoms with Crippen molar-refractivity contribution >= 4 is 5.78 Å². The lowest BCUT2D eigenvalue weighted by atomic mass is 9.89. The second-order valence-electron chi connectivity index (χ2n) is 4.61. The molecule has 2 aliphatic rings. The number of Topliss-reactive ketones (excluding diaryl/α,β-unsaturated/α-hetero) is 1. The fourth-order valence-electron chi connectivity index (χ4n) is 2.19. The van der Waals surface area contributed by atoms with Crippen LogP contribution in [-0.4, -0.2) is 18.9 Å². The molecule has 2 rings (SSSR count). The smallest absolute Gasteiger partial charge is 0.166 e. The van der Waals surface area contributed by atoms with Gasteiger partial charge in [0.1, 0.15) is 0 Å². The summed E-state index contributed by atoms with van der Waals surface area (Å²) in [5.74, 6) is 0.963. The Morgan fingerprint density at radius 3 is 2.81 bits per heavy atom. The molecule has 2 heteroatoms. The molecule has 0 radical (unpaired) electrons. The van der Waals surface area contributed by atoms with Crippen molar-refractivity contribution in [3.8, 4) is 0 Å². The Hall–Kier alpha value is -1.15. The van der Waals surface area contributed by atoms with Crippen LogP contribution in [0.15, 0.2) is 36.0 Å². The second-order valence-corrected chi connectivity index (χ2v) is 4.61. The van der Waals surface area contributed by atoms with E-state index in [1.807, 2.05) is 18.2 Å². The van der Waals surface area contributed by atoms with Crippen molar-refractivity contribution in [1.82, 2.24) is 5.32 Å². The van der Waals surface area contributed by atoms with Crippen molar-refractivity contribution in [2.24, 2.45) is 11.8 Å². The van der Waals surface area contributed by atoms with E-state index >= 15 is 0 Å². The lowest BCUT2D eigenvalue weighted by Gasteiger charge is -2.21. The molecule has 0 bridgehead atoms. The van der Waals surface area contributed by atoms with Crippen molar-refractivity contribution in [3.05, 3.63) is 36.0 Å². The Labute approximate surface area is 97.1 Å². The summed E-state index contributed by atoms with van der Waals surface area (Å²) in [5, 5.41) is 3.29. The first-order chi connectivity index (χ1) is 7.77. The summed E-state index contributed by atoms with van der Waals surface area (Å²) < 4.78 is 0. The fraction of sp³-hybridized carbons (Fsp3) is 0.500. The highest BCUT2D eigenvalue weighted by molar-refractivity contribution is 6.00. The molecule has 0 amide bonds. The Balaban J connectivity index is 2.06. The first-order valence-corrected chi connectivity index (χ1v) is 6.09. The van der Waals surface area contributed by atoms with E-state index in [4.69, 9.17) is 0 Å². The largest absolute Gasteiger partial charge is 0.317 e. The van der Waals surface area contributed by atoms with Gasteiger partial charge in [0, 0.05) is 11.5 Å². The summed E-state index contributed by atoms with van der Waals surface area (Å²) in [5.41, 5.74) is 0.868. The highest BCUT2D eigenvalue weighted by Gasteiger charge is 2.22. The van der Waals surface area contributed by atoms with Crippen LogP contribution in [0.1, 0.15) is 19.8 Å². The Morgan fingerprint density at radius 1 is 1.31 bits per heavy atom. The molecule has 16 heavy (non-hydrogen) atoms. The fourth-order valence-corrected chi connectivity index (χ4v) is 2.19. The molecule has 1 saturated heterocycles. The van der Waals surface area contributed by atoms with Crippen LogP contribution < -0.4 is 5.32 Å². The van der Waals surface area contributed by atoms with Gasteiger partial charge in [-0.3, -0.25) is 4.79 Å². The van der Waals surface area contributed by atoms with Crippen LogP contribution in [0.3, 0.4) is 0 Å². The lowest BCUT2D eigenvalue weighted by Crippen LogP contribution is -2.32. The molecule has 1 unspecified atom stereocenters. The van der Waals surface area contributed by atoms with Gasteiger partial charge in [0.15, 0.2) is 5.78 Å². The quantitative estimate of drug-likeness (QED) is 0.768. The Kier molecular flexibility index (Phi) is 3.73. The molecule has 0 spiro atoms. The number of hydrogen-bond acceptors (Lipinski definition) is 2. The maximum atomic E-state index is 12.2. The predicted molar refractivity (Wildman–Crippen MR) is 66.1 cm³/mol. The van der Waals surface area contributed by atoms with E-state index < -0.39 is 0 Å². The van der Waals surface area contributed by atoms with E-state index in [0.717, 1.165) is 31.5 Å². The van der Waals surface area contributed by atoms with E-state index in [0.29, 0.717) is 11.7 Å². The van der Waals surface area contributed by atoms with Crippen LogP contribution in [0, 0.1) is 11.8 Å². The third kappa shape index (κ3) is 2.70. The van der Waals surface area contributed by atoms with E-state index in [9.17, 15) is 4.79 Å². The molecule has 1 aliphatic heterocycles. The highest BCUT2D eigenvalue weighted by Crippen LogP contribution is 2.20. The average Bonchev–Trinajstić information content (AvgIpc) is 2.54. The number of rotatable bonds is 2. The van der Waals surface area contributed by atoms with Gasteiger partial charge in [0.2, 0.25) is 0 Å². The van der Waals surface area contributed by atoms with Crippen molar-refractivity contribution in [3.63, 3.8) is 0 Å². The second kappa shape index (κ2) is 5.26. The van der Waals surface area contributed by atoms with Crippen molar-refractivity contribution in [2.75, 3.05) is 13.1 Å². The number of carbonyl (C=O) groups is 1. The minimum atomic E-state index is 0.221. The summed E-state index contributed by atoms with van der Waals surface area (Å²) >= 11 is 0. The molecular weight excluding hydrogens is 198 g/mol. The van der Waals surface area contributed by atoms with Crippen LogP contribution >= 0.6 is 0 Å². The number of piperidine rings is 1. The van der Waals surface area contributed by atoms with E-state index in [-0.39, 0.29) is 5.92 Å². The normalized spacial score (nSPS) is 26.3. The van der Waals surface area contributed by atoms with Gasteiger partial charge in [0.05, 0.1) is 0 Å². The molecule has 0 saturated carbocycles. The number of carbonyl (C=O) groups excluding carboxylic acids is 1. The van der Waals surface area contributed by atoms with Crippen molar-refractivity contribution < 1.29 is 4.79 Å². The maximum absolute atomic E-state index is 12.2. The van der Waals surface area contributed by atoms with Crippen molar-refractivity contribution in [2.45, 2.75) is 19.8 Å². The topological polar surface area (TPSA) is 29.1 Å². The van der Waals surface area contributed by atoms with Gasteiger partial charge in [-0.15, -0.1) is 0 Å². The third-order valence-corrected chi connectivity index (χ3v) is 3.26. The van der Waals surface area contributed by atoms with Crippen molar-refractivity contribution in [1.29, 1.82) is 0 Å². The van der Waals surface area contributed by atoms with E-state index in [1.54, 1.807) is 0 Å². The maximum Gasteiger partial charge on any atom is 0.166 e. The summed E-state index contributed by atoms with van der Waals surface area (Å²) in [7, 11) is 0. The zero-order chi connectivity index (χ0) is 11.4. The van der Waals surface area contributed by atoms with Gasteiger partial charge >= 0.3 is 0 Å². The van der Waals surface area contributed by atoms with Gasteiger partial charge < -0.3 is 5.32 Å². The van der Waals surface area contributed by atoms with Gasteiger partial charge in [-0.2, -0.15) is 0 Å². The van der Waals surface area contributed by atoms with Gasteiger partial charge in [-0.05, 0) is 31.8 Å². The number of allylic oxidation sites excluding steroid dienone is 6. The number of hydrogen-bond donors (Lipinski definition) is 1. The van der Waals surface area contributed by atoms with Crippen LogP contribution in [-0.2, 0) is 4.79 Å². The summed E-state index contributed by atoms with van der Waals surface area (Å²) in [6.45, 7) is 4.07. The summed E-state index contributed by atoms with van der Waals surface area (Å²) in [6, 6.07) is 0. The van der Waals surface area contributed by atoms with Crippen LogP contribution in [0.4, 0.5) is 0 Å². The molecular formula is C14H19NO. The third-order valence-electron chi connectivity index (χ3n) is 3.26. The molecule has 1 aliphatic carbocycles. The molecule has 1 atom stereocenters. The molecule has 0 aromatic heterocycles. The SMILES string of the molecule is CC1C=CC=C(C(=O)C2CCNCC2)C=C1. The molecule has 1 N–H and O–H groups in total. The Morgan fingerprint density at radius 2 is 2.06 bits per heavy atom. The minimum Gasteiger partial charge on any atom is -0.317 e. The highest BCUT2D eigenvalue weighted by atomic mass is 16.1. The minimum absolute atomic E-state index is 0.221. The summed E-state index contributed by atoms with van der Waals surface area (Å²) in [6.07, 6.45) is 12.1. The van der Waals surface area contributed by atoms with Crippen LogP contribution in [0.5, 0.6) is 0 Å². The van der Waals surface area contributed by atoms with Gasteiger partial charge in [0.25, 0.3) is 0 Å². The standard InChI is InChI=1S/C14H19NO/c1-11-3-2-4-12(6-5-11)14(16)13-7-9-15-10-8-13/h2-6,11,13,15H,7-10H2,1H3. The molecule has 0 aromatic rings. The molecule has 0 aromatic carbocycles. The average molecular weight is 217 g/mol.